The Labute approximate surface area is 95.6 Å². The van der Waals surface area contributed by atoms with Gasteiger partial charge in [0.05, 0.1) is 0 Å². The maximum Gasteiger partial charge on any atom is 0.227 e. The van der Waals surface area contributed by atoms with Crippen LogP contribution in [0.15, 0.2) is 26.2 Å². The lowest BCUT2D eigenvalue weighted by atomic mass is 10.3. The molecule has 7 nitrogen and oxygen atoms in total. The van der Waals surface area contributed by atoms with Gasteiger partial charge in [0, 0.05) is 6.07 Å². The van der Waals surface area contributed by atoms with E-state index >= 15 is 0 Å². The molecular formula is C10H10N2O5. The minimum atomic E-state index is -0.366. The molecule has 2 aromatic rings. The predicted octanol–water partition coefficient (Wildman–Crippen LogP) is 0.403. The van der Waals surface area contributed by atoms with Crippen LogP contribution in [-0.2, 0) is 13.2 Å². The van der Waals surface area contributed by atoms with Crippen molar-refractivity contribution in [3.05, 3.63) is 39.7 Å². The third kappa shape index (κ3) is 2.51. The quantitative estimate of drug-likeness (QED) is 0.823. The lowest BCUT2D eigenvalue weighted by molar-refractivity contribution is 0.233. The lowest BCUT2D eigenvalue weighted by Crippen LogP contribution is -2.08. The van der Waals surface area contributed by atoms with E-state index in [0.29, 0.717) is 11.4 Å². The van der Waals surface area contributed by atoms with Crippen molar-refractivity contribution in [1.29, 1.82) is 0 Å². The molecule has 0 aromatic carbocycles. The molecular weight excluding hydrogens is 228 g/mol. The van der Waals surface area contributed by atoms with Crippen LogP contribution in [0.25, 0.3) is 0 Å². The number of aromatic nitrogens is 2. The summed E-state index contributed by atoms with van der Waals surface area (Å²) in [5.41, 5.74) is 0.742. The van der Waals surface area contributed by atoms with Gasteiger partial charge in [0.1, 0.15) is 36.6 Å². The van der Waals surface area contributed by atoms with Gasteiger partial charge >= 0.3 is 0 Å². The molecule has 0 saturated heterocycles. The Morgan fingerprint density at radius 1 is 1.47 bits per heavy atom. The SMILES string of the molecule is Cc1nonc1COc1coc(CO)cc1=O. The lowest BCUT2D eigenvalue weighted by Gasteiger charge is -2.02. The van der Waals surface area contributed by atoms with Crippen molar-refractivity contribution in [3.8, 4) is 5.75 Å². The van der Waals surface area contributed by atoms with Gasteiger partial charge in [0.15, 0.2) is 0 Å². The van der Waals surface area contributed by atoms with E-state index in [4.69, 9.17) is 14.3 Å². The van der Waals surface area contributed by atoms with Crippen LogP contribution in [0.1, 0.15) is 17.1 Å². The standard InChI is InChI=1S/C10H10N2O5/c1-6-8(12-17-11-6)4-16-10-5-15-7(3-13)2-9(10)14/h2,5,13H,3-4H2,1H3. The van der Waals surface area contributed by atoms with Gasteiger partial charge in [-0.05, 0) is 6.92 Å². The fourth-order valence-corrected chi connectivity index (χ4v) is 1.15. The third-order valence-electron chi connectivity index (χ3n) is 2.12. The van der Waals surface area contributed by atoms with E-state index < -0.39 is 0 Å². The first kappa shape index (κ1) is 11.3. The highest BCUT2D eigenvalue weighted by atomic mass is 16.6. The first-order valence-electron chi connectivity index (χ1n) is 4.84. The minimum absolute atomic E-state index is 0.0459. The molecule has 0 atom stereocenters. The molecule has 2 aromatic heterocycles. The van der Waals surface area contributed by atoms with Gasteiger partial charge in [-0.25, -0.2) is 4.63 Å². The number of ether oxygens (including phenoxy) is 1. The van der Waals surface area contributed by atoms with Crippen molar-refractivity contribution in [2.45, 2.75) is 20.1 Å². The molecule has 0 aliphatic carbocycles. The highest BCUT2D eigenvalue weighted by Gasteiger charge is 2.08. The minimum Gasteiger partial charge on any atom is -0.480 e. The number of rotatable bonds is 4. The number of aliphatic hydroxyl groups is 1. The van der Waals surface area contributed by atoms with Gasteiger partial charge in [0.25, 0.3) is 0 Å². The Hall–Kier alpha value is -2.15. The van der Waals surface area contributed by atoms with E-state index in [-0.39, 0.29) is 30.2 Å². The van der Waals surface area contributed by atoms with E-state index in [1.54, 1.807) is 6.92 Å². The van der Waals surface area contributed by atoms with Crippen molar-refractivity contribution in [3.63, 3.8) is 0 Å². The average Bonchev–Trinajstić information content (AvgIpc) is 2.73. The summed E-state index contributed by atoms with van der Waals surface area (Å²) in [5, 5.41) is 16.0. The molecule has 0 fully saturated rings. The Balaban J connectivity index is 2.10. The zero-order valence-electron chi connectivity index (χ0n) is 9.04. The smallest absolute Gasteiger partial charge is 0.227 e. The maximum atomic E-state index is 11.5. The summed E-state index contributed by atoms with van der Waals surface area (Å²) < 4.78 is 14.7. The third-order valence-corrected chi connectivity index (χ3v) is 2.12. The number of aryl methyl sites for hydroxylation is 1. The van der Waals surface area contributed by atoms with Gasteiger partial charge in [-0.1, -0.05) is 10.3 Å². The molecule has 90 valence electrons. The van der Waals surface area contributed by atoms with Crippen LogP contribution in [0.5, 0.6) is 5.75 Å². The van der Waals surface area contributed by atoms with Crippen LogP contribution in [0.2, 0.25) is 0 Å². The zero-order valence-corrected chi connectivity index (χ0v) is 9.04. The van der Waals surface area contributed by atoms with Crippen molar-refractivity contribution in [2.75, 3.05) is 0 Å². The van der Waals surface area contributed by atoms with Gasteiger partial charge in [0.2, 0.25) is 11.2 Å². The number of aliphatic hydroxyl groups excluding tert-OH is 1. The van der Waals surface area contributed by atoms with E-state index in [1.807, 2.05) is 0 Å². The van der Waals surface area contributed by atoms with Crippen molar-refractivity contribution in [1.82, 2.24) is 10.3 Å². The van der Waals surface area contributed by atoms with E-state index in [0.717, 1.165) is 6.26 Å². The molecule has 0 bridgehead atoms. The molecule has 0 spiro atoms. The highest BCUT2D eigenvalue weighted by molar-refractivity contribution is 5.18. The Bertz CT molecular complexity index is 560. The molecule has 7 heteroatoms. The summed E-state index contributed by atoms with van der Waals surface area (Å²) in [4.78, 5) is 11.5. The summed E-state index contributed by atoms with van der Waals surface area (Å²) in [6.45, 7) is 1.45. The fourth-order valence-electron chi connectivity index (χ4n) is 1.15. The maximum absolute atomic E-state index is 11.5. The second kappa shape index (κ2) is 4.79. The Morgan fingerprint density at radius 2 is 2.29 bits per heavy atom. The molecule has 17 heavy (non-hydrogen) atoms. The molecule has 2 heterocycles. The molecule has 0 radical (unpaired) electrons. The Morgan fingerprint density at radius 3 is 2.88 bits per heavy atom. The van der Waals surface area contributed by atoms with E-state index in [1.165, 1.54) is 6.07 Å². The predicted molar refractivity (Wildman–Crippen MR) is 54.3 cm³/mol. The van der Waals surface area contributed by atoms with Crippen LogP contribution >= 0.6 is 0 Å². The summed E-state index contributed by atoms with van der Waals surface area (Å²) in [7, 11) is 0. The normalized spacial score (nSPS) is 10.5. The molecule has 0 saturated carbocycles. The molecule has 2 rings (SSSR count). The van der Waals surface area contributed by atoms with Crippen LogP contribution in [0.4, 0.5) is 0 Å². The fraction of sp³-hybridized carbons (Fsp3) is 0.300. The molecule has 0 aliphatic heterocycles. The van der Waals surface area contributed by atoms with E-state index in [2.05, 4.69) is 14.9 Å². The molecule has 0 aliphatic rings. The molecule has 0 unspecified atom stereocenters. The largest absolute Gasteiger partial charge is 0.480 e. The first-order valence-corrected chi connectivity index (χ1v) is 4.84. The topological polar surface area (TPSA) is 98.6 Å². The van der Waals surface area contributed by atoms with Gasteiger partial charge < -0.3 is 14.3 Å². The summed E-state index contributed by atoms with van der Waals surface area (Å²) in [6, 6.07) is 1.17. The van der Waals surface area contributed by atoms with Gasteiger partial charge in [-0.2, -0.15) is 0 Å². The van der Waals surface area contributed by atoms with E-state index in [9.17, 15) is 4.79 Å². The van der Waals surface area contributed by atoms with Gasteiger partial charge in [-0.15, -0.1) is 0 Å². The Kier molecular flexibility index (Phi) is 3.20. The second-order valence-electron chi connectivity index (χ2n) is 3.32. The first-order chi connectivity index (χ1) is 8.20. The highest BCUT2D eigenvalue weighted by Crippen LogP contribution is 2.09. The van der Waals surface area contributed by atoms with Crippen molar-refractivity contribution in [2.24, 2.45) is 0 Å². The van der Waals surface area contributed by atoms with Crippen molar-refractivity contribution >= 4 is 0 Å². The zero-order chi connectivity index (χ0) is 12.3. The summed E-state index contributed by atoms with van der Waals surface area (Å²) in [6.07, 6.45) is 1.15. The van der Waals surface area contributed by atoms with Crippen molar-refractivity contribution < 1.29 is 18.9 Å². The molecule has 1 N–H and O–H groups in total. The second-order valence-corrected chi connectivity index (χ2v) is 3.32. The van der Waals surface area contributed by atoms with Crippen LogP contribution in [0.3, 0.4) is 0 Å². The number of hydrogen-bond acceptors (Lipinski definition) is 7. The number of hydrogen-bond donors (Lipinski definition) is 1. The number of nitrogens with zero attached hydrogens (tertiary/aromatic N) is 2. The summed E-state index contributed by atoms with van der Waals surface area (Å²) >= 11 is 0. The van der Waals surface area contributed by atoms with Crippen LogP contribution in [0, 0.1) is 6.92 Å². The average molecular weight is 238 g/mol. The summed E-state index contributed by atoms with van der Waals surface area (Å²) in [5.74, 6) is 0.228. The van der Waals surface area contributed by atoms with Crippen LogP contribution in [-0.4, -0.2) is 15.4 Å². The molecule has 0 amide bonds. The van der Waals surface area contributed by atoms with Gasteiger partial charge in [-0.3, -0.25) is 4.79 Å². The monoisotopic (exact) mass is 238 g/mol. The van der Waals surface area contributed by atoms with Crippen LogP contribution < -0.4 is 10.2 Å².